The Morgan fingerprint density at radius 3 is 2.89 bits per heavy atom. The SMILES string of the molecule is CCNC(=NCCOCC1CCCO1)NCCc1cc(C)ccc1OC.I. The molecule has 1 aromatic rings. The monoisotopic (exact) mass is 491 g/mol. The van der Waals surface area contributed by atoms with Crippen LogP contribution in [0.5, 0.6) is 5.75 Å². The fraction of sp³-hybridized carbons (Fsp3) is 0.650. The van der Waals surface area contributed by atoms with Gasteiger partial charge in [-0.1, -0.05) is 17.7 Å². The average molecular weight is 491 g/mol. The molecule has 0 amide bonds. The Morgan fingerprint density at radius 2 is 2.19 bits per heavy atom. The minimum Gasteiger partial charge on any atom is -0.496 e. The number of benzene rings is 1. The molecule has 1 aromatic carbocycles. The van der Waals surface area contributed by atoms with E-state index in [0.717, 1.165) is 50.7 Å². The van der Waals surface area contributed by atoms with Gasteiger partial charge in [0, 0.05) is 19.7 Å². The lowest BCUT2D eigenvalue weighted by Gasteiger charge is -2.13. The van der Waals surface area contributed by atoms with Gasteiger partial charge in [-0.2, -0.15) is 0 Å². The van der Waals surface area contributed by atoms with Crippen molar-refractivity contribution in [2.75, 3.05) is 46.6 Å². The molecule has 2 N–H and O–H groups in total. The molecule has 1 atom stereocenters. The van der Waals surface area contributed by atoms with E-state index >= 15 is 0 Å². The first-order chi connectivity index (χ1) is 12.7. The molecule has 6 nitrogen and oxygen atoms in total. The molecule has 27 heavy (non-hydrogen) atoms. The normalized spacial score (nSPS) is 16.7. The summed E-state index contributed by atoms with van der Waals surface area (Å²) in [5, 5.41) is 6.64. The number of rotatable bonds is 10. The number of aliphatic imine (C=N–C) groups is 1. The fourth-order valence-corrected chi connectivity index (χ4v) is 2.97. The zero-order valence-electron chi connectivity index (χ0n) is 16.8. The quantitative estimate of drug-likeness (QED) is 0.228. The van der Waals surface area contributed by atoms with Crippen LogP contribution < -0.4 is 15.4 Å². The van der Waals surface area contributed by atoms with Crippen LogP contribution >= 0.6 is 24.0 Å². The lowest BCUT2D eigenvalue weighted by atomic mass is 10.1. The van der Waals surface area contributed by atoms with Crippen LogP contribution in [0.2, 0.25) is 0 Å². The fourth-order valence-electron chi connectivity index (χ4n) is 2.97. The third-order valence-corrected chi connectivity index (χ3v) is 4.30. The molecule has 0 saturated carbocycles. The standard InChI is InChI=1S/C20H33N3O3.HI/c1-4-21-20(23-11-13-25-15-18-6-5-12-26-18)22-10-9-17-14-16(2)7-8-19(17)24-3;/h7-8,14,18H,4-6,9-13,15H2,1-3H3,(H2,21,22,23);1H. The van der Waals surface area contributed by atoms with Crippen molar-refractivity contribution in [1.82, 2.24) is 10.6 Å². The van der Waals surface area contributed by atoms with Gasteiger partial charge in [-0.25, -0.2) is 0 Å². The van der Waals surface area contributed by atoms with Crippen molar-refractivity contribution in [1.29, 1.82) is 0 Å². The van der Waals surface area contributed by atoms with Gasteiger partial charge >= 0.3 is 0 Å². The van der Waals surface area contributed by atoms with E-state index < -0.39 is 0 Å². The lowest BCUT2D eigenvalue weighted by molar-refractivity contribution is 0.0200. The van der Waals surface area contributed by atoms with E-state index in [9.17, 15) is 0 Å². The molecule has 1 heterocycles. The van der Waals surface area contributed by atoms with Crippen LogP contribution in [-0.2, 0) is 15.9 Å². The molecule has 0 aromatic heterocycles. The molecular weight excluding hydrogens is 457 g/mol. The van der Waals surface area contributed by atoms with Crippen LogP contribution in [0.3, 0.4) is 0 Å². The first-order valence-corrected chi connectivity index (χ1v) is 9.58. The van der Waals surface area contributed by atoms with Gasteiger partial charge in [0.15, 0.2) is 5.96 Å². The van der Waals surface area contributed by atoms with Crippen molar-refractivity contribution in [3.63, 3.8) is 0 Å². The second-order valence-electron chi connectivity index (χ2n) is 6.46. The number of aryl methyl sites for hydroxylation is 1. The Hall–Kier alpha value is -1.06. The van der Waals surface area contributed by atoms with Crippen molar-refractivity contribution in [2.24, 2.45) is 4.99 Å². The van der Waals surface area contributed by atoms with Gasteiger partial charge in [0.1, 0.15) is 5.75 Å². The number of ether oxygens (including phenoxy) is 3. The summed E-state index contributed by atoms with van der Waals surface area (Å²) in [7, 11) is 1.71. The summed E-state index contributed by atoms with van der Waals surface area (Å²) < 4.78 is 16.6. The zero-order valence-corrected chi connectivity index (χ0v) is 19.1. The molecule has 1 fully saturated rings. The van der Waals surface area contributed by atoms with E-state index in [1.54, 1.807) is 7.11 Å². The molecule has 0 radical (unpaired) electrons. The molecule has 2 rings (SSSR count). The molecule has 0 spiro atoms. The van der Waals surface area contributed by atoms with Crippen molar-refractivity contribution in [3.05, 3.63) is 29.3 Å². The zero-order chi connectivity index (χ0) is 18.6. The summed E-state index contributed by atoms with van der Waals surface area (Å²) in [5.74, 6) is 1.75. The van der Waals surface area contributed by atoms with E-state index in [1.807, 2.05) is 6.07 Å². The molecule has 0 aliphatic carbocycles. The number of hydrogen-bond donors (Lipinski definition) is 2. The van der Waals surface area contributed by atoms with Crippen LogP contribution in [0.1, 0.15) is 30.9 Å². The number of nitrogens with one attached hydrogen (secondary N) is 2. The van der Waals surface area contributed by atoms with E-state index in [-0.39, 0.29) is 30.1 Å². The summed E-state index contributed by atoms with van der Waals surface area (Å²) in [6.45, 7) is 8.57. The first-order valence-electron chi connectivity index (χ1n) is 9.58. The molecule has 1 unspecified atom stereocenters. The van der Waals surface area contributed by atoms with Crippen molar-refractivity contribution in [2.45, 2.75) is 39.2 Å². The summed E-state index contributed by atoms with van der Waals surface area (Å²) in [5.41, 5.74) is 2.44. The Bertz CT molecular complexity index is 563. The minimum absolute atomic E-state index is 0. The number of methoxy groups -OCH3 is 1. The van der Waals surface area contributed by atoms with Gasteiger partial charge in [0.05, 0.1) is 33.0 Å². The van der Waals surface area contributed by atoms with Crippen molar-refractivity contribution < 1.29 is 14.2 Å². The van der Waals surface area contributed by atoms with Gasteiger partial charge < -0.3 is 24.8 Å². The highest BCUT2D eigenvalue weighted by atomic mass is 127. The number of hydrogen-bond acceptors (Lipinski definition) is 4. The van der Waals surface area contributed by atoms with E-state index in [2.05, 4.69) is 41.6 Å². The molecule has 1 aliphatic rings. The van der Waals surface area contributed by atoms with Crippen molar-refractivity contribution >= 4 is 29.9 Å². The second kappa shape index (κ2) is 14.0. The Kier molecular flexibility index (Phi) is 12.4. The molecule has 1 saturated heterocycles. The molecule has 7 heteroatoms. The Morgan fingerprint density at radius 1 is 1.33 bits per heavy atom. The van der Waals surface area contributed by atoms with Gasteiger partial charge in [-0.15, -0.1) is 24.0 Å². The second-order valence-corrected chi connectivity index (χ2v) is 6.46. The maximum absolute atomic E-state index is 5.66. The minimum atomic E-state index is 0. The van der Waals surface area contributed by atoms with Crippen LogP contribution in [0.25, 0.3) is 0 Å². The van der Waals surface area contributed by atoms with E-state index in [4.69, 9.17) is 14.2 Å². The smallest absolute Gasteiger partial charge is 0.191 e. The Labute approximate surface area is 180 Å². The summed E-state index contributed by atoms with van der Waals surface area (Å²) in [4.78, 5) is 4.57. The molecular formula is C20H34IN3O3. The maximum Gasteiger partial charge on any atom is 0.191 e. The third kappa shape index (κ3) is 9.12. The first kappa shape index (κ1) is 24.0. The van der Waals surface area contributed by atoms with Crippen LogP contribution in [0.15, 0.2) is 23.2 Å². The van der Waals surface area contributed by atoms with Gasteiger partial charge in [0.25, 0.3) is 0 Å². The van der Waals surface area contributed by atoms with E-state index in [0.29, 0.717) is 19.8 Å². The highest BCUT2D eigenvalue weighted by molar-refractivity contribution is 14.0. The van der Waals surface area contributed by atoms with Crippen LogP contribution in [0.4, 0.5) is 0 Å². The predicted molar refractivity (Wildman–Crippen MR) is 121 cm³/mol. The molecule has 0 bridgehead atoms. The Balaban J connectivity index is 0.00000364. The summed E-state index contributed by atoms with van der Waals surface area (Å²) in [6.07, 6.45) is 3.40. The molecule has 154 valence electrons. The third-order valence-electron chi connectivity index (χ3n) is 4.30. The average Bonchev–Trinajstić information content (AvgIpc) is 3.15. The van der Waals surface area contributed by atoms with Crippen LogP contribution in [0, 0.1) is 6.92 Å². The van der Waals surface area contributed by atoms with Gasteiger partial charge in [0.2, 0.25) is 0 Å². The van der Waals surface area contributed by atoms with Crippen LogP contribution in [-0.4, -0.2) is 58.6 Å². The topological polar surface area (TPSA) is 64.1 Å². The number of halogens is 1. The number of nitrogens with zero attached hydrogens (tertiary/aromatic N) is 1. The molecule has 1 aliphatic heterocycles. The summed E-state index contributed by atoms with van der Waals surface area (Å²) in [6, 6.07) is 6.26. The van der Waals surface area contributed by atoms with Crippen molar-refractivity contribution in [3.8, 4) is 5.75 Å². The lowest BCUT2D eigenvalue weighted by Crippen LogP contribution is -2.38. The van der Waals surface area contributed by atoms with Gasteiger partial charge in [-0.3, -0.25) is 4.99 Å². The maximum atomic E-state index is 5.66. The summed E-state index contributed by atoms with van der Waals surface area (Å²) >= 11 is 0. The largest absolute Gasteiger partial charge is 0.496 e. The number of guanidine groups is 1. The predicted octanol–water partition coefficient (Wildman–Crippen LogP) is 2.91. The van der Waals surface area contributed by atoms with E-state index in [1.165, 1.54) is 11.1 Å². The van der Waals surface area contributed by atoms with Gasteiger partial charge in [-0.05, 0) is 44.7 Å². The highest BCUT2D eigenvalue weighted by Gasteiger charge is 2.14. The highest BCUT2D eigenvalue weighted by Crippen LogP contribution is 2.19.